The number of hydrogen-bond donors (Lipinski definition) is 0. The van der Waals surface area contributed by atoms with E-state index in [0.717, 1.165) is 5.56 Å². The maximum atomic E-state index is 13.2. The summed E-state index contributed by atoms with van der Waals surface area (Å²) in [5.74, 6) is 0.544. The average molecular weight is 367 g/mol. The lowest BCUT2D eigenvalue weighted by atomic mass is 10.1. The van der Waals surface area contributed by atoms with Crippen molar-refractivity contribution < 1.29 is 0 Å². The van der Waals surface area contributed by atoms with Crippen LogP contribution in [0.2, 0.25) is 10.0 Å². The van der Waals surface area contributed by atoms with E-state index in [1.165, 1.54) is 0 Å². The Morgan fingerprint density at radius 3 is 2.32 bits per heavy atom. The molecule has 0 fully saturated rings. The summed E-state index contributed by atoms with van der Waals surface area (Å²) in [6.45, 7) is 0. The van der Waals surface area contributed by atoms with Crippen LogP contribution in [0.25, 0.3) is 28.0 Å². The summed E-state index contributed by atoms with van der Waals surface area (Å²) in [5.41, 5.74) is 1.90. The second-order valence-electron chi connectivity index (χ2n) is 5.58. The first-order valence-electron chi connectivity index (χ1n) is 7.67. The van der Waals surface area contributed by atoms with Gasteiger partial charge >= 0.3 is 0 Å². The van der Waals surface area contributed by atoms with Crippen LogP contribution in [-0.4, -0.2) is 9.55 Å². The summed E-state index contributed by atoms with van der Waals surface area (Å²) >= 11 is 12.2. The molecule has 4 aromatic rings. The van der Waals surface area contributed by atoms with Crippen LogP contribution in [0.5, 0.6) is 0 Å². The Kier molecular flexibility index (Phi) is 4.04. The van der Waals surface area contributed by atoms with E-state index in [9.17, 15) is 4.79 Å². The van der Waals surface area contributed by atoms with Crippen LogP contribution in [0.1, 0.15) is 0 Å². The van der Waals surface area contributed by atoms with Gasteiger partial charge in [0.1, 0.15) is 5.82 Å². The third-order valence-electron chi connectivity index (χ3n) is 3.93. The highest BCUT2D eigenvalue weighted by atomic mass is 35.5. The molecular weight excluding hydrogens is 355 g/mol. The molecule has 4 rings (SSSR count). The lowest BCUT2D eigenvalue weighted by Gasteiger charge is -2.14. The highest BCUT2D eigenvalue weighted by Gasteiger charge is 2.14. The summed E-state index contributed by atoms with van der Waals surface area (Å²) in [4.78, 5) is 17.9. The molecule has 1 heterocycles. The fraction of sp³-hybridized carbons (Fsp3) is 0. The molecule has 3 nitrogen and oxygen atoms in total. The van der Waals surface area contributed by atoms with Gasteiger partial charge in [-0.2, -0.15) is 0 Å². The lowest BCUT2D eigenvalue weighted by molar-refractivity contribution is 0.976. The van der Waals surface area contributed by atoms with Gasteiger partial charge in [0.25, 0.3) is 5.56 Å². The highest BCUT2D eigenvalue weighted by molar-refractivity contribution is 6.31. The number of rotatable bonds is 2. The molecule has 5 heteroatoms. The molecular formula is C20H12Cl2N2O. The Labute approximate surface area is 154 Å². The van der Waals surface area contributed by atoms with Crippen LogP contribution in [0.3, 0.4) is 0 Å². The number of hydrogen-bond acceptors (Lipinski definition) is 2. The Balaban J connectivity index is 2.14. The molecule has 0 saturated carbocycles. The van der Waals surface area contributed by atoms with Gasteiger partial charge in [0.2, 0.25) is 0 Å². The number of nitrogens with zero attached hydrogens (tertiary/aromatic N) is 2. The van der Waals surface area contributed by atoms with Crippen LogP contribution in [0, 0.1) is 0 Å². The zero-order chi connectivity index (χ0) is 17.4. The topological polar surface area (TPSA) is 34.9 Å². The molecule has 0 saturated heterocycles. The molecule has 122 valence electrons. The Bertz CT molecular complexity index is 1140. The molecule has 0 aliphatic rings. The maximum absolute atomic E-state index is 13.2. The van der Waals surface area contributed by atoms with Crippen LogP contribution in [-0.2, 0) is 0 Å². The molecule has 0 radical (unpaired) electrons. The van der Waals surface area contributed by atoms with Crippen molar-refractivity contribution >= 4 is 34.1 Å². The van der Waals surface area contributed by atoms with Gasteiger partial charge in [0.05, 0.1) is 16.6 Å². The molecule has 3 aromatic carbocycles. The van der Waals surface area contributed by atoms with E-state index >= 15 is 0 Å². The van der Waals surface area contributed by atoms with Gasteiger partial charge in [-0.1, -0.05) is 59.6 Å². The van der Waals surface area contributed by atoms with Crippen molar-refractivity contribution in [2.45, 2.75) is 0 Å². The summed E-state index contributed by atoms with van der Waals surface area (Å²) in [6.07, 6.45) is 0. The maximum Gasteiger partial charge on any atom is 0.266 e. The van der Waals surface area contributed by atoms with E-state index in [1.807, 2.05) is 42.5 Å². The first-order chi connectivity index (χ1) is 12.1. The largest absolute Gasteiger partial charge is 0.268 e. The number of benzene rings is 3. The Morgan fingerprint density at radius 1 is 0.800 bits per heavy atom. The van der Waals surface area contributed by atoms with E-state index in [2.05, 4.69) is 0 Å². The molecule has 1 aromatic heterocycles. The van der Waals surface area contributed by atoms with E-state index in [-0.39, 0.29) is 5.56 Å². The smallest absolute Gasteiger partial charge is 0.266 e. The predicted octanol–water partition coefficient (Wildman–Crippen LogP) is 5.36. The summed E-state index contributed by atoms with van der Waals surface area (Å²) in [5, 5.41) is 1.60. The third-order valence-corrected chi connectivity index (χ3v) is 4.40. The molecule has 0 N–H and O–H groups in total. The molecule has 0 bridgehead atoms. The summed E-state index contributed by atoms with van der Waals surface area (Å²) in [7, 11) is 0. The number of fused-ring (bicyclic) bond motifs is 1. The fourth-order valence-electron chi connectivity index (χ4n) is 2.79. The van der Waals surface area contributed by atoms with Gasteiger partial charge in [-0.15, -0.1) is 0 Å². The Hall–Kier alpha value is -2.62. The van der Waals surface area contributed by atoms with E-state index < -0.39 is 0 Å². The third kappa shape index (κ3) is 2.93. The molecule has 0 unspecified atom stereocenters. The molecule has 0 aliphatic carbocycles. The van der Waals surface area contributed by atoms with Crippen molar-refractivity contribution in [3.05, 3.63) is 93.2 Å². The van der Waals surface area contributed by atoms with Crippen molar-refractivity contribution in [2.24, 2.45) is 0 Å². The second kappa shape index (κ2) is 6.36. The van der Waals surface area contributed by atoms with Crippen molar-refractivity contribution in [1.82, 2.24) is 9.55 Å². The normalized spacial score (nSPS) is 11.0. The zero-order valence-corrected chi connectivity index (χ0v) is 14.5. The predicted molar refractivity (Wildman–Crippen MR) is 103 cm³/mol. The summed E-state index contributed by atoms with van der Waals surface area (Å²) in [6, 6.07) is 21.8. The van der Waals surface area contributed by atoms with Crippen molar-refractivity contribution in [3.63, 3.8) is 0 Å². The molecule has 25 heavy (non-hydrogen) atoms. The SMILES string of the molecule is O=c1c2ccc(Cl)cc2nc(-c2ccccc2)n1-c1cccc(Cl)c1. The molecule has 0 amide bonds. The molecule has 0 spiro atoms. The fourth-order valence-corrected chi connectivity index (χ4v) is 3.15. The van der Waals surface area contributed by atoms with Gasteiger partial charge < -0.3 is 0 Å². The number of aromatic nitrogens is 2. The second-order valence-corrected chi connectivity index (χ2v) is 6.46. The minimum Gasteiger partial charge on any atom is -0.268 e. The quantitative estimate of drug-likeness (QED) is 0.478. The van der Waals surface area contributed by atoms with Crippen LogP contribution in [0.15, 0.2) is 77.6 Å². The van der Waals surface area contributed by atoms with E-state index in [1.54, 1.807) is 34.9 Å². The Morgan fingerprint density at radius 2 is 1.56 bits per heavy atom. The standard InChI is InChI=1S/C20H12Cl2N2O/c21-14-7-4-8-16(11-14)24-19(13-5-2-1-3-6-13)23-18-12-15(22)9-10-17(18)20(24)25/h1-12H. The van der Waals surface area contributed by atoms with Crippen molar-refractivity contribution in [3.8, 4) is 17.1 Å². The van der Waals surface area contributed by atoms with Crippen molar-refractivity contribution in [2.75, 3.05) is 0 Å². The van der Waals surface area contributed by atoms with Crippen LogP contribution < -0.4 is 5.56 Å². The van der Waals surface area contributed by atoms with E-state index in [0.29, 0.717) is 32.5 Å². The minimum absolute atomic E-state index is 0.164. The average Bonchev–Trinajstić information content (AvgIpc) is 2.62. The van der Waals surface area contributed by atoms with Gasteiger partial charge in [0.15, 0.2) is 0 Å². The van der Waals surface area contributed by atoms with Crippen LogP contribution in [0.4, 0.5) is 0 Å². The van der Waals surface area contributed by atoms with E-state index in [4.69, 9.17) is 28.2 Å². The van der Waals surface area contributed by atoms with Gasteiger partial charge in [-0.05, 0) is 36.4 Å². The minimum atomic E-state index is -0.164. The molecule has 0 aliphatic heterocycles. The first kappa shape index (κ1) is 15.9. The number of halogens is 2. The van der Waals surface area contributed by atoms with Gasteiger partial charge in [-0.3, -0.25) is 9.36 Å². The molecule has 0 atom stereocenters. The van der Waals surface area contributed by atoms with Gasteiger partial charge in [-0.25, -0.2) is 4.98 Å². The lowest BCUT2D eigenvalue weighted by Crippen LogP contribution is -2.22. The monoisotopic (exact) mass is 366 g/mol. The van der Waals surface area contributed by atoms with Crippen molar-refractivity contribution in [1.29, 1.82) is 0 Å². The van der Waals surface area contributed by atoms with Gasteiger partial charge in [0, 0.05) is 15.6 Å². The first-order valence-corrected chi connectivity index (χ1v) is 8.43. The highest BCUT2D eigenvalue weighted by Crippen LogP contribution is 2.24. The summed E-state index contributed by atoms with van der Waals surface area (Å²) < 4.78 is 1.58. The van der Waals surface area contributed by atoms with Crippen LogP contribution >= 0.6 is 23.2 Å². The zero-order valence-electron chi connectivity index (χ0n) is 13.0.